The molecule has 3 rings (SSSR count). The Bertz CT molecular complexity index is 482. The lowest BCUT2D eigenvalue weighted by atomic mass is 9.85. The van der Waals surface area contributed by atoms with Crippen molar-refractivity contribution in [3.05, 3.63) is 0 Å². The standard InChI is InChI=1S/C19H34N4O3.HI/c1-20-19(21-9-11-25-13-17-6-3-10-26-17)23-16-5-2-4-14(12-16)18(24)22-15-7-8-15;/h14-17H,2-13H2,1H3,(H,22,24)(H2,20,21,23);1H. The van der Waals surface area contributed by atoms with Gasteiger partial charge in [0, 0.05) is 38.2 Å². The van der Waals surface area contributed by atoms with Crippen LogP contribution >= 0.6 is 24.0 Å². The fourth-order valence-corrected chi connectivity index (χ4v) is 3.73. The van der Waals surface area contributed by atoms with Gasteiger partial charge in [0.15, 0.2) is 5.96 Å². The van der Waals surface area contributed by atoms with E-state index in [-0.39, 0.29) is 41.9 Å². The summed E-state index contributed by atoms with van der Waals surface area (Å²) in [4.78, 5) is 16.6. The molecule has 0 aromatic heterocycles. The SMILES string of the molecule is CN=C(NCCOCC1CCCO1)NC1CCCC(C(=O)NC2CC2)C1.I. The van der Waals surface area contributed by atoms with E-state index in [1.54, 1.807) is 7.05 Å². The first-order valence-corrected chi connectivity index (χ1v) is 10.2. The normalized spacial score (nSPS) is 28.3. The van der Waals surface area contributed by atoms with Crippen LogP contribution in [0.2, 0.25) is 0 Å². The summed E-state index contributed by atoms with van der Waals surface area (Å²) in [6.45, 7) is 2.89. The number of ether oxygens (including phenoxy) is 2. The second-order valence-corrected chi connectivity index (χ2v) is 7.70. The van der Waals surface area contributed by atoms with E-state index < -0.39 is 0 Å². The Kier molecular flexibility index (Phi) is 10.1. The number of guanidine groups is 1. The molecular formula is C19H35IN4O3. The van der Waals surface area contributed by atoms with Gasteiger partial charge in [-0.3, -0.25) is 9.79 Å². The molecule has 156 valence electrons. The first-order chi connectivity index (χ1) is 12.7. The van der Waals surface area contributed by atoms with Crippen LogP contribution in [-0.2, 0) is 14.3 Å². The number of carbonyl (C=O) groups is 1. The van der Waals surface area contributed by atoms with Crippen molar-refractivity contribution in [3.63, 3.8) is 0 Å². The van der Waals surface area contributed by atoms with E-state index in [0.717, 1.165) is 63.9 Å². The van der Waals surface area contributed by atoms with Gasteiger partial charge in [0.1, 0.15) is 0 Å². The summed E-state index contributed by atoms with van der Waals surface area (Å²) in [6, 6.07) is 0.748. The van der Waals surface area contributed by atoms with Crippen molar-refractivity contribution in [1.29, 1.82) is 0 Å². The molecule has 3 atom stereocenters. The lowest BCUT2D eigenvalue weighted by molar-refractivity contribution is -0.126. The Morgan fingerprint density at radius 3 is 2.67 bits per heavy atom. The molecule has 0 aromatic carbocycles. The number of hydrogen-bond acceptors (Lipinski definition) is 4. The summed E-state index contributed by atoms with van der Waals surface area (Å²) in [5.74, 6) is 1.16. The molecule has 1 aliphatic heterocycles. The maximum atomic E-state index is 12.3. The largest absolute Gasteiger partial charge is 0.377 e. The van der Waals surface area contributed by atoms with Crippen LogP contribution in [0.15, 0.2) is 4.99 Å². The molecule has 8 heteroatoms. The predicted molar refractivity (Wildman–Crippen MR) is 117 cm³/mol. The molecule has 3 aliphatic rings. The molecule has 7 nitrogen and oxygen atoms in total. The average molecular weight is 494 g/mol. The van der Waals surface area contributed by atoms with E-state index in [0.29, 0.717) is 31.8 Å². The highest BCUT2D eigenvalue weighted by Gasteiger charge is 2.31. The van der Waals surface area contributed by atoms with E-state index >= 15 is 0 Å². The minimum absolute atomic E-state index is 0. The molecule has 27 heavy (non-hydrogen) atoms. The highest BCUT2D eigenvalue weighted by molar-refractivity contribution is 14.0. The van der Waals surface area contributed by atoms with Gasteiger partial charge in [-0.15, -0.1) is 24.0 Å². The summed E-state index contributed by atoms with van der Waals surface area (Å²) in [5, 5.41) is 9.91. The van der Waals surface area contributed by atoms with Gasteiger partial charge in [0.2, 0.25) is 5.91 Å². The van der Waals surface area contributed by atoms with Gasteiger partial charge in [-0.25, -0.2) is 0 Å². The van der Waals surface area contributed by atoms with Crippen LogP contribution in [0.25, 0.3) is 0 Å². The topological polar surface area (TPSA) is 84.0 Å². The molecule has 0 bridgehead atoms. The van der Waals surface area contributed by atoms with Gasteiger partial charge in [0.25, 0.3) is 0 Å². The minimum atomic E-state index is 0. The highest BCUT2D eigenvalue weighted by Crippen LogP contribution is 2.26. The van der Waals surface area contributed by atoms with E-state index in [9.17, 15) is 4.79 Å². The van der Waals surface area contributed by atoms with Gasteiger partial charge < -0.3 is 25.4 Å². The van der Waals surface area contributed by atoms with Gasteiger partial charge in [-0.2, -0.15) is 0 Å². The van der Waals surface area contributed by atoms with Crippen molar-refractivity contribution < 1.29 is 14.3 Å². The van der Waals surface area contributed by atoms with Crippen molar-refractivity contribution in [2.24, 2.45) is 10.9 Å². The van der Waals surface area contributed by atoms with Crippen LogP contribution in [0.4, 0.5) is 0 Å². The Hall–Kier alpha value is -0.610. The number of nitrogens with zero attached hydrogens (tertiary/aromatic N) is 1. The van der Waals surface area contributed by atoms with Crippen molar-refractivity contribution in [1.82, 2.24) is 16.0 Å². The first kappa shape index (κ1) is 22.7. The summed E-state index contributed by atoms with van der Waals surface area (Å²) in [5.41, 5.74) is 0. The Morgan fingerprint density at radius 2 is 1.96 bits per heavy atom. The molecule has 3 N–H and O–H groups in total. The molecule has 0 spiro atoms. The zero-order valence-electron chi connectivity index (χ0n) is 16.4. The lowest BCUT2D eigenvalue weighted by Gasteiger charge is -2.30. The number of aliphatic imine (C=N–C) groups is 1. The van der Waals surface area contributed by atoms with E-state index in [4.69, 9.17) is 9.47 Å². The fourth-order valence-electron chi connectivity index (χ4n) is 3.73. The molecule has 3 fully saturated rings. The van der Waals surface area contributed by atoms with Crippen LogP contribution in [0.5, 0.6) is 0 Å². The molecule has 0 aromatic rings. The number of nitrogens with one attached hydrogen (secondary N) is 3. The second kappa shape index (κ2) is 12.1. The average Bonchev–Trinajstić information content (AvgIpc) is 3.32. The van der Waals surface area contributed by atoms with Crippen LogP contribution in [0, 0.1) is 5.92 Å². The molecule has 0 radical (unpaired) electrons. The molecule has 1 heterocycles. The number of rotatable bonds is 8. The predicted octanol–water partition coefficient (Wildman–Crippen LogP) is 1.80. The van der Waals surface area contributed by atoms with Gasteiger partial charge in [0.05, 0.1) is 19.3 Å². The number of carbonyl (C=O) groups excluding carboxylic acids is 1. The van der Waals surface area contributed by atoms with Crippen LogP contribution in [0.3, 0.4) is 0 Å². The zero-order valence-corrected chi connectivity index (χ0v) is 18.7. The van der Waals surface area contributed by atoms with Crippen molar-refractivity contribution >= 4 is 35.8 Å². The van der Waals surface area contributed by atoms with E-state index in [1.165, 1.54) is 0 Å². The molecule has 1 amide bonds. The Labute approximate surface area is 179 Å². The third kappa shape index (κ3) is 8.11. The lowest BCUT2D eigenvalue weighted by Crippen LogP contribution is -2.47. The van der Waals surface area contributed by atoms with Crippen molar-refractivity contribution in [2.45, 2.75) is 69.6 Å². The second-order valence-electron chi connectivity index (χ2n) is 7.70. The van der Waals surface area contributed by atoms with Crippen LogP contribution in [-0.4, -0.2) is 63.5 Å². The van der Waals surface area contributed by atoms with E-state index in [1.807, 2.05) is 0 Å². The zero-order chi connectivity index (χ0) is 18.2. The molecule has 2 saturated carbocycles. The van der Waals surface area contributed by atoms with Crippen LogP contribution in [0.1, 0.15) is 51.4 Å². The van der Waals surface area contributed by atoms with Gasteiger partial charge in [-0.05, 0) is 44.9 Å². The van der Waals surface area contributed by atoms with Gasteiger partial charge in [-0.1, -0.05) is 6.42 Å². The van der Waals surface area contributed by atoms with Gasteiger partial charge >= 0.3 is 0 Å². The molecule has 2 aliphatic carbocycles. The maximum Gasteiger partial charge on any atom is 0.223 e. The monoisotopic (exact) mass is 494 g/mol. The molecule has 1 saturated heterocycles. The summed E-state index contributed by atoms with van der Waals surface area (Å²) >= 11 is 0. The maximum absolute atomic E-state index is 12.3. The minimum Gasteiger partial charge on any atom is -0.377 e. The number of hydrogen-bond donors (Lipinski definition) is 3. The smallest absolute Gasteiger partial charge is 0.223 e. The van der Waals surface area contributed by atoms with E-state index in [2.05, 4.69) is 20.9 Å². The Morgan fingerprint density at radius 1 is 1.11 bits per heavy atom. The number of amides is 1. The third-order valence-electron chi connectivity index (χ3n) is 5.40. The fraction of sp³-hybridized carbons (Fsp3) is 0.895. The first-order valence-electron chi connectivity index (χ1n) is 10.2. The van der Waals surface area contributed by atoms with Crippen molar-refractivity contribution in [3.8, 4) is 0 Å². The Balaban J connectivity index is 0.00000261. The van der Waals surface area contributed by atoms with Crippen molar-refractivity contribution in [2.75, 3.05) is 33.4 Å². The summed E-state index contributed by atoms with van der Waals surface area (Å²) in [7, 11) is 1.78. The summed E-state index contributed by atoms with van der Waals surface area (Å²) in [6.07, 6.45) is 8.86. The quantitative estimate of drug-likeness (QED) is 0.208. The molecule has 3 unspecified atom stereocenters. The van der Waals surface area contributed by atoms with Crippen LogP contribution < -0.4 is 16.0 Å². The summed E-state index contributed by atoms with van der Waals surface area (Å²) < 4.78 is 11.2. The third-order valence-corrected chi connectivity index (χ3v) is 5.40. The molecular weight excluding hydrogens is 459 g/mol. The number of halogens is 1. The highest BCUT2D eigenvalue weighted by atomic mass is 127.